The molecule has 2 aromatic heterocycles. The van der Waals surface area contributed by atoms with Crippen molar-refractivity contribution in [2.75, 3.05) is 17.8 Å². The average Bonchev–Trinajstić information content (AvgIpc) is 3.43. The zero-order valence-corrected chi connectivity index (χ0v) is 17.6. The van der Waals surface area contributed by atoms with Crippen LogP contribution in [0, 0.1) is 13.8 Å². The number of hydrogen-bond donors (Lipinski definition) is 1. The van der Waals surface area contributed by atoms with Crippen molar-refractivity contribution in [1.29, 1.82) is 0 Å². The van der Waals surface area contributed by atoms with Crippen LogP contribution in [0.15, 0.2) is 39.6 Å². The van der Waals surface area contributed by atoms with E-state index in [1.54, 1.807) is 24.0 Å². The van der Waals surface area contributed by atoms with E-state index in [0.29, 0.717) is 28.5 Å². The fraction of sp³-hybridized carbons (Fsp3) is 0.316. The van der Waals surface area contributed by atoms with Crippen molar-refractivity contribution in [2.24, 2.45) is 0 Å². The highest BCUT2D eigenvalue weighted by Gasteiger charge is 2.27. The Morgan fingerprint density at radius 3 is 2.52 bits per heavy atom. The van der Waals surface area contributed by atoms with E-state index in [1.165, 1.54) is 17.4 Å². The molecule has 1 aliphatic heterocycles. The van der Waals surface area contributed by atoms with Gasteiger partial charge in [0, 0.05) is 23.7 Å². The normalized spacial score (nSPS) is 14.3. The van der Waals surface area contributed by atoms with E-state index >= 15 is 0 Å². The first-order valence-electron chi connectivity index (χ1n) is 9.16. The van der Waals surface area contributed by atoms with Crippen molar-refractivity contribution in [3.05, 3.63) is 46.7 Å². The Kier molecular flexibility index (Phi) is 5.13. The maximum Gasteiger partial charge on any atom is 0.311 e. The van der Waals surface area contributed by atoms with Crippen LogP contribution in [0.2, 0.25) is 0 Å². The Balaban J connectivity index is 1.57. The molecule has 10 heteroatoms. The molecule has 152 valence electrons. The lowest BCUT2D eigenvalue weighted by atomic mass is 10.2. The Labute approximate surface area is 172 Å². The zero-order chi connectivity index (χ0) is 20.6. The largest absolute Gasteiger partial charge is 0.411 e. The number of likely N-dealkylation sites (tertiary alicyclic amines) is 1. The molecule has 1 saturated heterocycles. The zero-order valence-electron chi connectivity index (χ0n) is 16.0. The molecule has 1 N–H and O–H groups in total. The Morgan fingerprint density at radius 2 is 1.83 bits per heavy atom. The molecule has 0 radical (unpaired) electrons. The second-order valence-corrected chi connectivity index (χ2v) is 9.82. The van der Waals surface area contributed by atoms with Gasteiger partial charge in [0.1, 0.15) is 4.90 Å². The maximum absolute atomic E-state index is 12.8. The first kappa shape index (κ1) is 19.6. The van der Waals surface area contributed by atoms with Gasteiger partial charge in [0.05, 0.1) is 4.88 Å². The van der Waals surface area contributed by atoms with E-state index in [2.05, 4.69) is 14.9 Å². The summed E-state index contributed by atoms with van der Waals surface area (Å²) in [6.45, 7) is 5.01. The molecule has 4 rings (SSSR count). The van der Waals surface area contributed by atoms with Crippen LogP contribution in [0.5, 0.6) is 0 Å². The first-order valence-corrected chi connectivity index (χ1v) is 11.5. The van der Waals surface area contributed by atoms with Crippen LogP contribution in [0.4, 0.5) is 5.69 Å². The predicted octanol–water partition coefficient (Wildman–Crippen LogP) is 3.45. The van der Waals surface area contributed by atoms with Gasteiger partial charge in [-0.05, 0) is 44.9 Å². The van der Waals surface area contributed by atoms with Gasteiger partial charge in [0.15, 0.2) is 0 Å². The highest BCUT2D eigenvalue weighted by Crippen LogP contribution is 2.34. The minimum absolute atomic E-state index is 0.0739. The van der Waals surface area contributed by atoms with Crippen molar-refractivity contribution in [3.63, 3.8) is 0 Å². The topological polar surface area (TPSA) is 105 Å². The molecule has 0 aliphatic carbocycles. The SMILES string of the molecule is Cc1ccc(NS(=O)(=O)c2cc(-c3nnc(C(=O)N4CCCC4)o3)sc2C)cc1. The van der Waals surface area contributed by atoms with Crippen molar-refractivity contribution in [3.8, 4) is 10.8 Å². The number of rotatable bonds is 5. The third-order valence-corrected chi connectivity index (χ3v) is 7.35. The molecular formula is C19H20N4O4S2. The highest BCUT2D eigenvalue weighted by molar-refractivity contribution is 7.93. The number of nitrogens with one attached hydrogen (secondary N) is 1. The van der Waals surface area contributed by atoms with E-state index in [4.69, 9.17) is 4.42 Å². The van der Waals surface area contributed by atoms with Gasteiger partial charge < -0.3 is 9.32 Å². The third kappa shape index (κ3) is 4.03. The number of anilines is 1. The highest BCUT2D eigenvalue weighted by atomic mass is 32.2. The van der Waals surface area contributed by atoms with Crippen molar-refractivity contribution < 1.29 is 17.6 Å². The molecule has 0 atom stereocenters. The fourth-order valence-corrected chi connectivity index (χ4v) is 5.71. The van der Waals surface area contributed by atoms with Gasteiger partial charge in [-0.3, -0.25) is 9.52 Å². The van der Waals surface area contributed by atoms with Crippen molar-refractivity contribution in [1.82, 2.24) is 15.1 Å². The summed E-state index contributed by atoms with van der Waals surface area (Å²) in [5, 5.41) is 7.79. The number of nitrogens with zero attached hydrogens (tertiary/aromatic N) is 3. The number of aromatic nitrogens is 2. The smallest absolute Gasteiger partial charge is 0.311 e. The summed E-state index contributed by atoms with van der Waals surface area (Å²) in [7, 11) is -3.77. The van der Waals surface area contributed by atoms with E-state index in [1.807, 2.05) is 19.1 Å². The monoisotopic (exact) mass is 432 g/mol. The molecule has 1 amide bonds. The molecule has 3 aromatic rings. The van der Waals surface area contributed by atoms with E-state index in [-0.39, 0.29) is 22.6 Å². The Hall–Kier alpha value is -2.72. The van der Waals surface area contributed by atoms with Gasteiger partial charge in [0.25, 0.3) is 15.9 Å². The second-order valence-electron chi connectivity index (χ2n) is 6.91. The minimum Gasteiger partial charge on any atom is -0.411 e. The molecule has 0 bridgehead atoms. The first-order chi connectivity index (χ1) is 13.8. The van der Waals surface area contributed by atoms with Crippen LogP contribution in [0.1, 0.15) is 34.0 Å². The van der Waals surface area contributed by atoms with Crippen LogP contribution in [0.25, 0.3) is 10.8 Å². The summed E-state index contributed by atoms with van der Waals surface area (Å²) in [5.74, 6) is -0.226. The number of aryl methyl sites for hydroxylation is 2. The molecule has 0 saturated carbocycles. The molecule has 0 unspecified atom stereocenters. The van der Waals surface area contributed by atoms with Crippen LogP contribution >= 0.6 is 11.3 Å². The van der Waals surface area contributed by atoms with Crippen molar-refractivity contribution in [2.45, 2.75) is 31.6 Å². The summed E-state index contributed by atoms with van der Waals surface area (Å²) >= 11 is 1.22. The summed E-state index contributed by atoms with van der Waals surface area (Å²) < 4.78 is 33.7. The number of carbonyl (C=O) groups excluding carboxylic acids is 1. The third-order valence-electron chi connectivity index (χ3n) is 4.68. The van der Waals surface area contributed by atoms with Crippen LogP contribution < -0.4 is 4.72 Å². The number of thiophene rings is 1. The van der Waals surface area contributed by atoms with Crippen LogP contribution in [-0.2, 0) is 10.0 Å². The summed E-state index contributed by atoms with van der Waals surface area (Å²) in [6.07, 6.45) is 1.93. The maximum atomic E-state index is 12.8. The van der Waals surface area contributed by atoms with Crippen LogP contribution in [0.3, 0.4) is 0 Å². The molecule has 8 nitrogen and oxygen atoms in total. The summed E-state index contributed by atoms with van der Waals surface area (Å²) in [4.78, 5) is 15.3. The Bertz CT molecular complexity index is 1140. The van der Waals surface area contributed by atoms with E-state index in [9.17, 15) is 13.2 Å². The number of amides is 1. The molecular weight excluding hydrogens is 412 g/mol. The van der Waals surface area contributed by atoms with Gasteiger partial charge >= 0.3 is 11.8 Å². The number of sulfonamides is 1. The molecule has 1 aliphatic rings. The number of carbonyl (C=O) groups is 1. The van der Waals surface area contributed by atoms with Gasteiger partial charge in [-0.15, -0.1) is 21.5 Å². The lowest BCUT2D eigenvalue weighted by Gasteiger charge is -2.11. The molecule has 3 heterocycles. The average molecular weight is 433 g/mol. The van der Waals surface area contributed by atoms with Crippen LogP contribution in [-0.4, -0.2) is 42.5 Å². The number of hydrogen-bond acceptors (Lipinski definition) is 7. The quantitative estimate of drug-likeness (QED) is 0.662. The standard InChI is InChI=1S/C19H20N4O4S2/c1-12-5-7-14(8-6-12)22-29(25,26)16-11-15(28-13(16)2)17-20-21-18(27-17)19(24)23-9-3-4-10-23/h5-8,11,22H,3-4,9-10H2,1-2H3. The lowest BCUT2D eigenvalue weighted by Crippen LogP contribution is -2.27. The lowest BCUT2D eigenvalue weighted by molar-refractivity contribution is 0.0754. The molecule has 29 heavy (non-hydrogen) atoms. The van der Waals surface area contributed by atoms with Gasteiger partial charge in [-0.1, -0.05) is 17.7 Å². The summed E-state index contributed by atoms with van der Waals surface area (Å²) in [5.41, 5.74) is 1.52. The fourth-order valence-electron chi connectivity index (χ4n) is 3.13. The predicted molar refractivity (Wildman–Crippen MR) is 109 cm³/mol. The summed E-state index contributed by atoms with van der Waals surface area (Å²) in [6, 6.07) is 8.59. The minimum atomic E-state index is -3.77. The Morgan fingerprint density at radius 1 is 1.14 bits per heavy atom. The molecule has 0 spiro atoms. The van der Waals surface area contributed by atoms with E-state index < -0.39 is 10.0 Å². The van der Waals surface area contributed by atoms with Gasteiger partial charge in [0.2, 0.25) is 0 Å². The van der Waals surface area contributed by atoms with Gasteiger partial charge in [-0.25, -0.2) is 8.42 Å². The second kappa shape index (κ2) is 7.60. The van der Waals surface area contributed by atoms with Crippen molar-refractivity contribution >= 4 is 33.0 Å². The van der Waals surface area contributed by atoms with E-state index in [0.717, 1.165) is 18.4 Å². The molecule has 1 fully saturated rings. The van der Waals surface area contributed by atoms with Gasteiger partial charge in [-0.2, -0.15) is 0 Å². The number of benzene rings is 1. The molecule has 1 aromatic carbocycles.